The van der Waals surface area contributed by atoms with Crippen molar-refractivity contribution in [3.05, 3.63) is 63.6 Å². The van der Waals surface area contributed by atoms with Gasteiger partial charge in [0.2, 0.25) is 10.0 Å². The zero-order chi connectivity index (χ0) is 21.6. The lowest BCUT2D eigenvalue weighted by Crippen LogP contribution is -2.46. The molecule has 0 aliphatic carbocycles. The Bertz CT molecular complexity index is 932. The van der Waals surface area contributed by atoms with E-state index in [0.717, 1.165) is 4.47 Å². The van der Waals surface area contributed by atoms with Gasteiger partial charge in [-0.2, -0.15) is 4.31 Å². The molecule has 0 saturated carbocycles. The van der Waals surface area contributed by atoms with Crippen molar-refractivity contribution in [2.75, 3.05) is 6.61 Å². The van der Waals surface area contributed by atoms with Gasteiger partial charge in [-0.15, -0.1) is 0 Å². The monoisotopic (exact) mass is 501 g/mol. The third-order valence-electron chi connectivity index (χ3n) is 4.25. The van der Waals surface area contributed by atoms with Crippen LogP contribution in [-0.2, 0) is 26.1 Å². The molecule has 0 heterocycles. The molecule has 29 heavy (non-hydrogen) atoms. The third kappa shape index (κ3) is 6.54. The summed E-state index contributed by atoms with van der Waals surface area (Å²) in [4.78, 5) is 12.9. The topological polar surface area (TPSA) is 63.7 Å². The molecular weight excluding hydrogens is 478 g/mol. The Hall–Kier alpha value is -1.41. The van der Waals surface area contributed by atoms with Crippen molar-refractivity contribution in [1.82, 2.24) is 4.31 Å². The molecule has 1 atom stereocenters. The van der Waals surface area contributed by atoms with E-state index in [1.165, 1.54) is 16.4 Å². The van der Waals surface area contributed by atoms with Gasteiger partial charge < -0.3 is 4.74 Å². The van der Waals surface area contributed by atoms with E-state index in [1.54, 1.807) is 43.3 Å². The third-order valence-corrected chi connectivity index (χ3v) is 6.88. The smallest absolute Gasteiger partial charge is 0.324 e. The van der Waals surface area contributed by atoms with Crippen LogP contribution in [0.15, 0.2) is 57.9 Å². The minimum absolute atomic E-state index is 0.00909. The number of carbonyl (C=O) groups excluding carboxylic acids is 1. The average Bonchev–Trinajstić information content (AvgIpc) is 2.65. The Labute approximate surface area is 186 Å². The maximum atomic E-state index is 13.5. The predicted molar refractivity (Wildman–Crippen MR) is 118 cm³/mol. The van der Waals surface area contributed by atoms with Crippen molar-refractivity contribution in [2.24, 2.45) is 5.92 Å². The van der Waals surface area contributed by atoms with Crippen molar-refractivity contribution in [1.29, 1.82) is 0 Å². The largest absolute Gasteiger partial charge is 0.465 e. The summed E-state index contributed by atoms with van der Waals surface area (Å²) in [6.07, 6.45) is 0.342. The van der Waals surface area contributed by atoms with Gasteiger partial charge in [0.05, 0.1) is 11.5 Å². The van der Waals surface area contributed by atoms with Crippen molar-refractivity contribution in [2.45, 2.75) is 44.7 Å². The number of hydrogen-bond donors (Lipinski definition) is 0. The van der Waals surface area contributed by atoms with Gasteiger partial charge in [0.25, 0.3) is 0 Å². The van der Waals surface area contributed by atoms with Crippen LogP contribution >= 0.6 is 27.5 Å². The molecule has 8 heteroatoms. The summed E-state index contributed by atoms with van der Waals surface area (Å²) < 4.78 is 34.3. The molecule has 2 aromatic carbocycles. The maximum absolute atomic E-state index is 13.5. The number of benzene rings is 2. The zero-order valence-electron chi connectivity index (χ0n) is 16.6. The second-order valence-corrected chi connectivity index (χ2v) is 10.3. The van der Waals surface area contributed by atoms with Gasteiger partial charge in [-0.05, 0) is 61.2 Å². The van der Waals surface area contributed by atoms with Crippen LogP contribution in [0.5, 0.6) is 0 Å². The first-order valence-electron chi connectivity index (χ1n) is 9.33. The quantitative estimate of drug-likeness (QED) is 0.438. The van der Waals surface area contributed by atoms with E-state index in [9.17, 15) is 13.2 Å². The number of carbonyl (C=O) groups is 1. The molecule has 0 amide bonds. The minimum Gasteiger partial charge on any atom is -0.465 e. The number of rotatable bonds is 9. The molecule has 0 aromatic heterocycles. The van der Waals surface area contributed by atoms with Crippen LogP contribution < -0.4 is 0 Å². The molecule has 0 radical (unpaired) electrons. The van der Waals surface area contributed by atoms with Crippen LogP contribution in [-0.4, -0.2) is 31.3 Å². The molecule has 158 valence electrons. The lowest BCUT2D eigenvalue weighted by atomic mass is 10.0. The summed E-state index contributed by atoms with van der Waals surface area (Å²) >= 11 is 9.41. The lowest BCUT2D eigenvalue weighted by molar-refractivity contribution is -0.148. The fourth-order valence-electron chi connectivity index (χ4n) is 2.94. The molecule has 0 bridgehead atoms. The summed E-state index contributed by atoms with van der Waals surface area (Å²) in [5.74, 6) is -0.463. The van der Waals surface area contributed by atoms with Gasteiger partial charge in [0.15, 0.2) is 0 Å². The summed E-state index contributed by atoms with van der Waals surface area (Å²) in [6, 6.07) is 12.4. The van der Waals surface area contributed by atoms with Gasteiger partial charge >= 0.3 is 5.97 Å². The van der Waals surface area contributed by atoms with E-state index in [-0.39, 0.29) is 24.0 Å². The fourth-order valence-corrected chi connectivity index (χ4v) is 4.99. The van der Waals surface area contributed by atoms with Crippen LogP contribution in [0.1, 0.15) is 32.8 Å². The second kappa shape index (κ2) is 10.6. The fraction of sp³-hybridized carbons (Fsp3) is 0.381. The highest BCUT2D eigenvalue weighted by atomic mass is 79.9. The highest BCUT2D eigenvalue weighted by Crippen LogP contribution is 2.27. The second-order valence-electron chi connectivity index (χ2n) is 7.03. The van der Waals surface area contributed by atoms with Gasteiger partial charge in [-0.1, -0.05) is 53.5 Å². The molecule has 0 unspecified atom stereocenters. The Morgan fingerprint density at radius 2 is 1.83 bits per heavy atom. The minimum atomic E-state index is -3.97. The van der Waals surface area contributed by atoms with Crippen LogP contribution in [0, 0.1) is 5.92 Å². The first-order valence-corrected chi connectivity index (χ1v) is 11.9. The van der Waals surface area contributed by atoms with E-state index in [0.29, 0.717) is 17.0 Å². The van der Waals surface area contributed by atoms with Crippen LogP contribution in [0.2, 0.25) is 5.02 Å². The predicted octanol–water partition coefficient (Wildman–Crippen LogP) is 5.27. The number of hydrogen-bond acceptors (Lipinski definition) is 4. The van der Waals surface area contributed by atoms with Crippen LogP contribution in [0.3, 0.4) is 0 Å². The normalized spacial score (nSPS) is 12.9. The van der Waals surface area contributed by atoms with Crippen LogP contribution in [0.4, 0.5) is 0 Å². The zero-order valence-corrected chi connectivity index (χ0v) is 19.8. The molecule has 2 rings (SSSR count). The summed E-state index contributed by atoms with van der Waals surface area (Å²) in [6.45, 7) is 5.77. The lowest BCUT2D eigenvalue weighted by Gasteiger charge is -2.30. The van der Waals surface area contributed by atoms with E-state index in [1.807, 2.05) is 13.8 Å². The van der Waals surface area contributed by atoms with Crippen molar-refractivity contribution in [3.8, 4) is 0 Å². The number of halogens is 2. The molecule has 0 N–H and O–H groups in total. The van der Waals surface area contributed by atoms with E-state index >= 15 is 0 Å². The van der Waals surface area contributed by atoms with Gasteiger partial charge in [0, 0.05) is 16.0 Å². The van der Waals surface area contributed by atoms with Crippen LogP contribution in [0.25, 0.3) is 0 Å². The summed E-state index contributed by atoms with van der Waals surface area (Å²) in [7, 11) is -3.97. The molecular formula is C21H25BrClNO4S. The van der Waals surface area contributed by atoms with Crippen molar-refractivity contribution < 1.29 is 17.9 Å². The molecule has 0 fully saturated rings. The first kappa shape index (κ1) is 23.9. The van der Waals surface area contributed by atoms with Gasteiger partial charge in [-0.25, -0.2) is 8.42 Å². The average molecular weight is 503 g/mol. The standard InChI is InChI=1S/C21H25BrClNO4S/c1-4-28-21(25)20(12-15(2)3)24(14-16-6-5-7-18(23)13-16)29(26,27)19-10-8-17(22)9-11-19/h5-11,13,15,20H,4,12,14H2,1-3H3/t20-/m1/s1. The SMILES string of the molecule is CCOC(=O)[C@@H](CC(C)C)N(Cc1cccc(Cl)c1)S(=O)(=O)c1ccc(Br)cc1. The Balaban J connectivity index is 2.55. The van der Waals surface area contributed by atoms with Gasteiger partial charge in [-0.3, -0.25) is 4.79 Å². The number of sulfonamides is 1. The van der Waals surface area contributed by atoms with E-state index in [2.05, 4.69) is 15.9 Å². The molecule has 0 aliphatic rings. The van der Waals surface area contributed by atoms with Crippen molar-refractivity contribution in [3.63, 3.8) is 0 Å². The molecule has 2 aromatic rings. The van der Waals surface area contributed by atoms with Crippen molar-refractivity contribution >= 4 is 43.5 Å². The highest BCUT2D eigenvalue weighted by Gasteiger charge is 2.37. The summed E-state index contributed by atoms with van der Waals surface area (Å²) in [5.41, 5.74) is 0.691. The highest BCUT2D eigenvalue weighted by molar-refractivity contribution is 9.10. The number of nitrogens with zero attached hydrogens (tertiary/aromatic N) is 1. The maximum Gasteiger partial charge on any atom is 0.324 e. The molecule has 0 saturated heterocycles. The molecule has 0 aliphatic heterocycles. The molecule has 0 spiro atoms. The molecule has 5 nitrogen and oxygen atoms in total. The van der Waals surface area contributed by atoms with E-state index in [4.69, 9.17) is 16.3 Å². The number of esters is 1. The van der Waals surface area contributed by atoms with E-state index < -0.39 is 22.0 Å². The first-order chi connectivity index (χ1) is 13.6. The summed E-state index contributed by atoms with van der Waals surface area (Å²) in [5, 5.41) is 0.500. The Morgan fingerprint density at radius 3 is 2.38 bits per heavy atom. The van der Waals surface area contributed by atoms with Gasteiger partial charge in [0.1, 0.15) is 6.04 Å². The Kier molecular flexibility index (Phi) is 8.70. The Morgan fingerprint density at radius 1 is 1.17 bits per heavy atom. The number of ether oxygens (including phenoxy) is 1.